The number of carbonyl (C=O) groups is 4. The zero-order valence-electron chi connectivity index (χ0n) is 60.2. The second kappa shape index (κ2) is 68.8. The molecule has 0 fully saturated rings. The lowest BCUT2D eigenvalue weighted by Crippen LogP contribution is -2.30. The smallest absolute Gasteiger partial charge is 0.462 e. The second-order valence-corrected chi connectivity index (χ2v) is 28.9. The molecule has 17 nitrogen and oxygen atoms in total. The Labute approximate surface area is 573 Å². The van der Waals surface area contributed by atoms with E-state index in [1.54, 1.807) is 0 Å². The second-order valence-electron chi connectivity index (χ2n) is 25.9. The molecule has 0 aliphatic rings. The molecule has 3 N–H and O–H groups in total. The first-order chi connectivity index (χ1) is 45.7. The van der Waals surface area contributed by atoms with Crippen molar-refractivity contribution in [1.82, 2.24) is 0 Å². The van der Waals surface area contributed by atoms with Crippen molar-refractivity contribution in [1.29, 1.82) is 0 Å². The zero-order valence-corrected chi connectivity index (χ0v) is 61.9. The lowest BCUT2D eigenvalue weighted by atomic mass is 10.0. The summed E-state index contributed by atoms with van der Waals surface area (Å²) in [6, 6.07) is 0. The molecule has 0 spiro atoms. The maximum absolute atomic E-state index is 13.1. The van der Waals surface area contributed by atoms with Crippen molar-refractivity contribution in [3.63, 3.8) is 0 Å². The van der Waals surface area contributed by atoms with Gasteiger partial charge in [-0.3, -0.25) is 37.3 Å². The van der Waals surface area contributed by atoms with E-state index in [0.717, 1.165) is 135 Å². The number of hydrogen-bond donors (Lipinski definition) is 3. The minimum absolute atomic E-state index is 0.0895. The lowest BCUT2D eigenvalue weighted by Gasteiger charge is -2.21. The van der Waals surface area contributed by atoms with Gasteiger partial charge in [0.15, 0.2) is 12.2 Å². The Hall–Kier alpha value is -2.72. The first kappa shape index (κ1) is 91.3. The predicted octanol–water partition coefficient (Wildman–Crippen LogP) is 21.6. The predicted molar refractivity (Wildman–Crippen MR) is 381 cm³/mol. The molecule has 0 saturated heterocycles. The minimum Gasteiger partial charge on any atom is -0.462 e. The highest BCUT2D eigenvalue weighted by Crippen LogP contribution is 2.45. The number of unbranched alkanes of at least 4 members (excludes halogenated alkanes) is 41. The molecule has 0 aliphatic heterocycles. The molecule has 0 radical (unpaired) electrons. The molecule has 552 valence electrons. The Bertz CT molecular complexity index is 1930. The maximum Gasteiger partial charge on any atom is 0.472 e. The van der Waals surface area contributed by atoms with Gasteiger partial charge in [-0.15, -0.1) is 0 Å². The third-order valence-electron chi connectivity index (χ3n) is 16.6. The molecular weight excluding hydrogens is 1230 g/mol. The van der Waals surface area contributed by atoms with Crippen molar-refractivity contribution < 1.29 is 80.2 Å². The number of esters is 4. The number of phosphoric ester groups is 2. The fraction of sp³-hybridized carbons (Fsp3) is 0.867. The average Bonchev–Trinajstić information content (AvgIpc) is 1.83. The van der Waals surface area contributed by atoms with Crippen LogP contribution in [0.2, 0.25) is 0 Å². The molecule has 0 aromatic rings. The third kappa shape index (κ3) is 67.8. The molecule has 0 aliphatic carbocycles. The molecule has 5 atom stereocenters. The summed E-state index contributed by atoms with van der Waals surface area (Å²) < 4.78 is 68.4. The molecule has 0 rings (SSSR count). The Kier molecular flexibility index (Phi) is 66.8. The Morgan fingerprint density at radius 1 is 0.287 bits per heavy atom. The van der Waals surface area contributed by atoms with E-state index < -0.39 is 97.5 Å². The highest BCUT2D eigenvalue weighted by atomic mass is 31.2. The number of phosphoric acid groups is 2. The van der Waals surface area contributed by atoms with E-state index in [1.807, 2.05) is 0 Å². The summed E-state index contributed by atoms with van der Waals surface area (Å²) in [6.07, 6.45) is 62.7. The normalized spacial score (nSPS) is 14.2. The number of aliphatic hydroxyl groups is 1. The molecule has 0 heterocycles. The van der Waals surface area contributed by atoms with Gasteiger partial charge in [-0.2, -0.15) is 0 Å². The molecular formula is C75H140O17P2. The van der Waals surface area contributed by atoms with Crippen LogP contribution in [0.5, 0.6) is 0 Å². The van der Waals surface area contributed by atoms with Crippen molar-refractivity contribution in [3.8, 4) is 0 Å². The summed E-state index contributed by atoms with van der Waals surface area (Å²) in [6.45, 7) is 4.88. The highest BCUT2D eigenvalue weighted by molar-refractivity contribution is 7.47. The van der Waals surface area contributed by atoms with Gasteiger partial charge in [0.05, 0.1) is 26.4 Å². The third-order valence-corrected chi connectivity index (χ3v) is 18.5. The number of allylic oxidation sites excluding steroid dienone is 6. The van der Waals surface area contributed by atoms with Gasteiger partial charge in [-0.1, -0.05) is 270 Å². The SMILES string of the molecule is CCCCCC/C=C\CCCCCCCC(=O)OC[C@H](COP(=O)(O)OC[C@@H](O)COP(=O)(O)OC[C@@H](COC(=O)CCCCCCCCCCCCCCC)OC(=O)CCCCCCC/C=C\CCCCCC)OC(=O)CCCCCCC/C=C\CCCCCCCC. The highest BCUT2D eigenvalue weighted by Gasteiger charge is 2.30. The summed E-state index contributed by atoms with van der Waals surface area (Å²) >= 11 is 0. The maximum atomic E-state index is 13.1. The quantitative estimate of drug-likeness (QED) is 0.0169. The summed E-state index contributed by atoms with van der Waals surface area (Å²) in [7, 11) is -9.93. The first-order valence-corrected chi connectivity index (χ1v) is 41.2. The Balaban J connectivity index is 5.31. The van der Waals surface area contributed by atoms with Crippen molar-refractivity contribution in [2.75, 3.05) is 39.6 Å². The molecule has 0 aromatic carbocycles. The van der Waals surface area contributed by atoms with Gasteiger partial charge in [-0.05, 0) is 103 Å². The van der Waals surface area contributed by atoms with Crippen LogP contribution in [0.25, 0.3) is 0 Å². The Morgan fingerprint density at radius 2 is 0.489 bits per heavy atom. The standard InChI is InChI=1S/C75H140O17P2/c1-5-9-13-17-21-25-29-33-34-38-42-46-50-54-58-62-75(80)92-71(66-86-73(78)60-56-52-48-44-40-36-31-27-23-19-15-11-7-3)68-90-94(83,84)88-64-69(76)63-87-93(81,82)89-67-70(91-74(79)61-57-53-49-45-41-37-32-28-24-20-16-12-8-4)65-85-72(77)59-55-51-47-43-39-35-30-26-22-18-14-10-6-2/h27-28,31-34,69-71,76H,5-26,29-30,35-68H2,1-4H3,(H,81,82)(H,83,84)/b31-27-,32-28-,34-33-/t69-,70+,71+/m0/s1. The van der Waals surface area contributed by atoms with Gasteiger partial charge in [-0.25, -0.2) is 9.13 Å². The van der Waals surface area contributed by atoms with Crippen LogP contribution in [-0.2, 0) is 65.4 Å². The molecule has 19 heteroatoms. The summed E-state index contributed by atoms with van der Waals surface area (Å²) in [5.41, 5.74) is 0. The van der Waals surface area contributed by atoms with E-state index in [1.165, 1.54) is 148 Å². The average molecular weight is 1380 g/mol. The Morgan fingerprint density at radius 3 is 0.745 bits per heavy atom. The van der Waals surface area contributed by atoms with Crippen LogP contribution in [0, 0.1) is 0 Å². The summed E-state index contributed by atoms with van der Waals surface area (Å²) in [5, 5.41) is 10.6. The van der Waals surface area contributed by atoms with Crippen molar-refractivity contribution >= 4 is 39.5 Å². The first-order valence-electron chi connectivity index (χ1n) is 38.2. The summed E-state index contributed by atoms with van der Waals surface area (Å²) in [4.78, 5) is 72.7. The number of aliphatic hydroxyl groups excluding tert-OH is 1. The van der Waals surface area contributed by atoms with Crippen LogP contribution in [-0.4, -0.2) is 96.7 Å². The van der Waals surface area contributed by atoms with Gasteiger partial charge in [0.1, 0.15) is 19.3 Å². The molecule has 0 saturated carbocycles. The van der Waals surface area contributed by atoms with Crippen molar-refractivity contribution in [3.05, 3.63) is 36.5 Å². The molecule has 0 bridgehead atoms. The van der Waals surface area contributed by atoms with Gasteiger partial charge in [0.25, 0.3) is 0 Å². The van der Waals surface area contributed by atoms with Crippen LogP contribution < -0.4 is 0 Å². The van der Waals surface area contributed by atoms with Gasteiger partial charge >= 0.3 is 39.5 Å². The zero-order chi connectivity index (χ0) is 69.0. The van der Waals surface area contributed by atoms with Crippen LogP contribution in [0.4, 0.5) is 0 Å². The van der Waals surface area contributed by atoms with E-state index in [4.69, 9.17) is 37.0 Å². The lowest BCUT2D eigenvalue weighted by molar-refractivity contribution is -0.161. The van der Waals surface area contributed by atoms with Gasteiger partial charge in [0.2, 0.25) is 0 Å². The van der Waals surface area contributed by atoms with Gasteiger partial charge < -0.3 is 33.8 Å². The van der Waals surface area contributed by atoms with E-state index in [9.17, 15) is 43.2 Å². The van der Waals surface area contributed by atoms with Crippen molar-refractivity contribution in [2.24, 2.45) is 0 Å². The number of ether oxygens (including phenoxy) is 4. The van der Waals surface area contributed by atoms with Crippen LogP contribution in [0.15, 0.2) is 36.5 Å². The van der Waals surface area contributed by atoms with E-state index >= 15 is 0 Å². The largest absolute Gasteiger partial charge is 0.472 e. The van der Waals surface area contributed by atoms with E-state index in [2.05, 4.69) is 64.2 Å². The van der Waals surface area contributed by atoms with Crippen LogP contribution in [0.1, 0.15) is 362 Å². The van der Waals surface area contributed by atoms with Crippen molar-refractivity contribution in [2.45, 2.75) is 380 Å². The number of hydrogen-bond acceptors (Lipinski definition) is 15. The molecule has 94 heavy (non-hydrogen) atoms. The van der Waals surface area contributed by atoms with Crippen LogP contribution in [0.3, 0.4) is 0 Å². The fourth-order valence-corrected chi connectivity index (χ4v) is 12.3. The minimum atomic E-state index is -4.97. The number of rotatable bonds is 73. The molecule has 0 aromatic heterocycles. The van der Waals surface area contributed by atoms with Gasteiger partial charge in [0, 0.05) is 25.7 Å². The van der Waals surface area contributed by atoms with E-state index in [0.29, 0.717) is 25.7 Å². The molecule has 0 amide bonds. The van der Waals surface area contributed by atoms with E-state index in [-0.39, 0.29) is 25.7 Å². The summed E-state index contributed by atoms with van der Waals surface area (Å²) in [5.74, 6) is -2.16. The molecule has 2 unspecified atom stereocenters. The van der Waals surface area contributed by atoms with Crippen LogP contribution >= 0.6 is 15.6 Å². The fourth-order valence-electron chi connectivity index (χ4n) is 10.7. The number of carbonyl (C=O) groups excluding carboxylic acids is 4. The monoisotopic (exact) mass is 1370 g/mol. The topological polar surface area (TPSA) is 237 Å².